The van der Waals surface area contributed by atoms with Crippen LogP contribution >= 0.6 is 11.3 Å². The van der Waals surface area contributed by atoms with Gasteiger partial charge in [0, 0.05) is 11.1 Å². The molecule has 1 aromatic heterocycles. The first-order valence-electron chi connectivity index (χ1n) is 5.13. The highest BCUT2D eigenvalue weighted by molar-refractivity contribution is 7.09. The van der Waals surface area contributed by atoms with E-state index >= 15 is 0 Å². The number of nitrogens with one attached hydrogen (secondary N) is 1. The molecule has 0 fully saturated rings. The SMILES string of the molecule is Cc1csc(CNC(=O)C(C#N)C(C)C)n1. The fourth-order valence-corrected chi connectivity index (χ4v) is 1.98. The Labute approximate surface area is 99.3 Å². The molecule has 0 aliphatic heterocycles. The molecular formula is C11H15N3OS. The zero-order valence-corrected chi connectivity index (χ0v) is 10.5. The first kappa shape index (κ1) is 12.7. The largest absolute Gasteiger partial charge is 0.348 e. The predicted octanol–water partition coefficient (Wildman–Crippen LogP) is 1.86. The molecule has 1 rings (SSSR count). The summed E-state index contributed by atoms with van der Waals surface area (Å²) < 4.78 is 0. The molecule has 0 bridgehead atoms. The summed E-state index contributed by atoms with van der Waals surface area (Å²) in [6.07, 6.45) is 0. The van der Waals surface area contributed by atoms with Crippen LogP contribution in [0.2, 0.25) is 0 Å². The van der Waals surface area contributed by atoms with Crippen LogP contribution in [-0.4, -0.2) is 10.9 Å². The van der Waals surface area contributed by atoms with Crippen molar-refractivity contribution >= 4 is 17.2 Å². The monoisotopic (exact) mass is 237 g/mol. The van der Waals surface area contributed by atoms with Crippen LogP contribution in [0.3, 0.4) is 0 Å². The third kappa shape index (κ3) is 3.31. The third-order valence-corrected chi connectivity index (χ3v) is 3.14. The molecule has 1 amide bonds. The van der Waals surface area contributed by atoms with E-state index in [1.165, 1.54) is 11.3 Å². The van der Waals surface area contributed by atoms with E-state index in [0.717, 1.165) is 10.7 Å². The Hall–Kier alpha value is -1.41. The van der Waals surface area contributed by atoms with Crippen LogP contribution < -0.4 is 5.32 Å². The number of hydrogen-bond acceptors (Lipinski definition) is 4. The van der Waals surface area contributed by atoms with E-state index in [1.807, 2.05) is 32.2 Å². The second kappa shape index (κ2) is 5.61. The lowest BCUT2D eigenvalue weighted by molar-refractivity contribution is -0.124. The van der Waals surface area contributed by atoms with Crippen LogP contribution in [0.15, 0.2) is 5.38 Å². The fourth-order valence-electron chi connectivity index (χ4n) is 1.27. The van der Waals surface area contributed by atoms with Gasteiger partial charge in [0.25, 0.3) is 0 Å². The second-order valence-corrected chi connectivity index (χ2v) is 4.89. The molecule has 4 nitrogen and oxygen atoms in total. The van der Waals surface area contributed by atoms with Crippen molar-refractivity contribution in [2.75, 3.05) is 0 Å². The highest BCUT2D eigenvalue weighted by Crippen LogP contribution is 2.11. The molecule has 0 saturated heterocycles. The molecule has 1 unspecified atom stereocenters. The zero-order chi connectivity index (χ0) is 12.1. The third-order valence-electron chi connectivity index (χ3n) is 2.17. The van der Waals surface area contributed by atoms with Gasteiger partial charge in [-0.2, -0.15) is 5.26 Å². The van der Waals surface area contributed by atoms with Crippen molar-refractivity contribution in [2.45, 2.75) is 27.3 Å². The minimum absolute atomic E-state index is 0.0306. The highest BCUT2D eigenvalue weighted by atomic mass is 32.1. The molecule has 0 aliphatic carbocycles. The number of rotatable bonds is 4. The number of nitrogens with zero attached hydrogens (tertiary/aromatic N) is 2. The number of nitriles is 1. The van der Waals surface area contributed by atoms with Gasteiger partial charge >= 0.3 is 0 Å². The van der Waals surface area contributed by atoms with Gasteiger partial charge in [-0.1, -0.05) is 13.8 Å². The number of aryl methyl sites for hydroxylation is 1. The first-order chi connectivity index (χ1) is 7.54. The zero-order valence-electron chi connectivity index (χ0n) is 9.65. The maximum atomic E-state index is 11.6. The summed E-state index contributed by atoms with van der Waals surface area (Å²) in [6, 6.07) is 2.01. The molecule has 0 spiro atoms. The van der Waals surface area contributed by atoms with Crippen LogP contribution in [0.4, 0.5) is 0 Å². The Morgan fingerprint density at radius 1 is 1.69 bits per heavy atom. The average Bonchev–Trinajstić information content (AvgIpc) is 2.62. The Bertz CT molecular complexity index is 406. The normalized spacial score (nSPS) is 12.2. The van der Waals surface area contributed by atoms with Crippen molar-refractivity contribution in [3.05, 3.63) is 16.1 Å². The van der Waals surface area contributed by atoms with E-state index in [-0.39, 0.29) is 11.8 Å². The van der Waals surface area contributed by atoms with Gasteiger partial charge in [-0.05, 0) is 12.8 Å². The van der Waals surface area contributed by atoms with Crippen LogP contribution in [0.25, 0.3) is 0 Å². The van der Waals surface area contributed by atoms with Gasteiger partial charge in [0.2, 0.25) is 5.91 Å². The fraction of sp³-hybridized carbons (Fsp3) is 0.545. The van der Waals surface area contributed by atoms with Crippen LogP contribution in [0, 0.1) is 30.1 Å². The van der Waals surface area contributed by atoms with Crippen LogP contribution in [0.5, 0.6) is 0 Å². The number of hydrogen-bond donors (Lipinski definition) is 1. The van der Waals surface area contributed by atoms with Crippen LogP contribution in [-0.2, 0) is 11.3 Å². The average molecular weight is 237 g/mol. The summed E-state index contributed by atoms with van der Waals surface area (Å²) in [5.41, 5.74) is 0.954. The summed E-state index contributed by atoms with van der Waals surface area (Å²) >= 11 is 1.51. The molecule has 0 saturated carbocycles. The molecule has 16 heavy (non-hydrogen) atoms. The first-order valence-corrected chi connectivity index (χ1v) is 6.01. The molecule has 0 radical (unpaired) electrons. The van der Waals surface area contributed by atoms with Gasteiger partial charge in [0.05, 0.1) is 12.6 Å². The van der Waals surface area contributed by atoms with Crippen molar-refractivity contribution in [3.8, 4) is 6.07 Å². The minimum atomic E-state index is -0.582. The van der Waals surface area contributed by atoms with Gasteiger partial charge in [-0.3, -0.25) is 4.79 Å². The topological polar surface area (TPSA) is 65.8 Å². The molecule has 5 heteroatoms. The Morgan fingerprint density at radius 3 is 2.81 bits per heavy atom. The molecule has 0 aromatic carbocycles. The van der Waals surface area contributed by atoms with Gasteiger partial charge in [0.1, 0.15) is 10.9 Å². The molecule has 86 valence electrons. The van der Waals surface area contributed by atoms with E-state index in [0.29, 0.717) is 6.54 Å². The summed E-state index contributed by atoms with van der Waals surface area (Å²) in [5.74, 6) is -0.769. The minimum Gasteiger partial charge on any atom is -0.348 e. The number of carbonyl (C=O) groups excluding carboxylic acids is 1. The van der Waals surface area contributed by atoms with Crippen molar-refractivity contribution in [1.29, 1.82) is 5.26 Å². The summed E-state index contributed by atoms with van der Waals surface area (Å²) in [4.78, 5) is 15.9. The summed E-state index contributed by atoms with van der Waals surface area (Å²) in [5, 5.41) is 14.4. The van der Waals surface area contributed by atoms with Crippen molar-refractivity contribution < 1.29 is 4.79 Å². The van der Waals surface area contributed by atoms with E-state index in [2.05, 4.69) is 10.3 Å². The lowest BCUT2D eigenvalue weighted by Crippen LogP contribution is -2.32. The maximum absolute atomic E-state index is 11.6. The Balaban J connectivity index is 2.50. The Morgan fingerprint density at radius 2 is 2.38 bits per heavy atom. The van der Waals surface area contributed by atoms with Crippen LogP contribution in [0.1, 0.15) is 24.5 Å². The van der Waals surface area contributed by atoms with Crippen molar-refractivity contribution in [3.63, 3.8) is 0 Å². The smallest absolute Gasteiger partial charge is 0.237 e. The summed E-state index contributed by atoms with van der Waals surface area (Å²) in [6.45, 7) is 6.04. The van der Waals surface area contributed by atoms with Crippen molar-refractivity contribution in [2.24, 2.45) is 11.8 Å². The molecule has 1 N–H and O–H groups in total. The lowest BCUT2D eigenvalue weighted by atomic mass is 9.97. The Kier molecular flexibility index (Phi) is 4.44. The predicted molar refractivity (Wildman–Crippen MR) is 62.6 cm³/mol. The van der Waals surface area contributed by atoms with E-state index in [1.54, 1.807) is 0 Å². The standard InChI is InChI=1S/C11H15N3OS/c1-7(2)9(4-12)11(15)13-5-10-14-8(3)6-16-10/h6-7,9H,5H2,1-3H3,(H,13,15). The number of amides is 1. The lowest BCUT2D eigenvalue weighted by Gasteiger charge is -2.11. The second-order valence-electron chi connectivity index (χ2n) is 3.95. The molecule has 1 aromatic rings. The molecule has 0 aliphatic rings. The molecule has 1 heterocycles. The van der Waals surface area contributed by atoms with Crippen molar-refractivity contribution in [1.82, 2.24) is 10.3 Å². The van der Waals surface area contributed by atoms with E-state index in [9.17, 15) is 4.79 Å². The van der Waals surface area contributed by atoms with E-state index in [4.69, 9.17) is 5.26 Å². The highest BCUT2D eigenvalue weighted by Gasteiger charge is 2.21. The number of thiazole rings is 1. The van der Waals surface area contributed by atoms with Gasteiger partial charge < -0.3 is 5.32 Å². The maximum Gasteiger partial charge on any atom is 0.237 e. The van der Waals surface area contributed by atoms with Gasteiger partial charge in [-0.25, -0.2) is 4.98 Å². The van der Waals surface area contributed by atoms with Gasteiger partial charge in [-0.15, -0.1) is 11.3 Å². The molecular weight excluding hydrogens is 222 g/mol. The number of aromatic nitrogens is 1. The quantitative estimate of drug-likeness (QED) is 0.869. The number of carbonyl (C=O) groups is 1. The molecule has 1 atom stereocenters. The van der Waals surface area contributed by atoms with E-state index < -0.39 is 5.92 Å². The van der Waals surface area contributed by atoms with Gasteiger partial charge in [0.15, 0.2) is 0 Å². The summed E-state index contributed by atoms with van der Waals surface area (Å²) in [7, 11) is 0.